The molecule has 0 unspecified atom stereocenters. The third-order valence-electron chi connectivity index (χ3n) is 6.07. The summed E-state index contributed by atoms with van der Waals surface area (Å²) in [6, 6.07) is 8.66. The maximum Gasteiger partial charge on any atom is 0.0428 e. The molecule has 2 aliphatic rings. The number of likely N-dealkylation sites (N-methyl/N-ethyl adjacent to an activating group) is 3. The number of rotatable bonds is 3. The van der Waals surface area contributed by atoms with E-state index in [1.165, 1.54) is 24.5 Å². The van der Waals surface area contributed by atoms with Crippen LogP contribution in [-0.4, -0.2) is 94.8 Å². The van der Waals surface area contributed by atoms with Gasteiger partial charge in [-0.15, -0.1) is 0 Å². The second-order valence-corrected chi connectivity index (χ2v) is 14.1. The summed E-state index contributed by atoms with van der Waals surface area (Å²) in [5.74, 6) is 0. The number of halogens is 2. The summed E-state index contributed by atoms with van der Waals surface area (Å²) in [5, 5.41) is 0. The van der Waals surface area contributed by atoms with E-state index in [1.54, 1.807) is 0 Å². The Morgan fingerprint density at radius 3 is 1.97 bits per heavy atom. The van der Waals surface area contributed by atoms with Gasteiger partial charge in [0.25, 0.3) is 0 Å². The molecule has 1 saturated heterocycles. The van der Waals surface area contributed by atoms with Gasteiger partial charge in [0.15, 0.2) is 0 Å². The molecule has 3 rings (SSSR count). The van der Waals surface area contributed by atoms with Crippen molar-refractivity contribution < 1.29 is 15.6 Å². The molecule has 1 fully saturated rings. The van der Waals surface area contributed by atoms with Crippen molar-refractivity contribution in [3.05, 3.63) is 24.3 Å². The first kappa shape index (κ1) is 26.1. The molecule has 0 saturated carbocycles. The van der Waals surface area contributed by atoms with Gasteiger partial charge in [-0.1, -0.05) is 0 Å². The second kappa shape index (κ2) is 11.1. The molecule has 10 heteroatoms. The Bertz CT molecular complexity index is 719. The molecule has 0 N–H and O–H groups in total. The molecule has 6 nitrogen and oxygen atoms in total. The fraction of sp³-hybridized carbons (Fsp3) is 0.700. The van der Waals surface area contributed by atoms with Gasteiger partial charge in [0.05, 0.1) is 0 Å². The molecule has 2 aliphatic heterocycles. The van der Waals surface area contributed by atoms with Crippen molar-refractivity contribution in [2.75, 3.05) is 71.0 Å². The minimum atomic E-state index is -2.24. The van der Waals surface area contributed by atoms with Crippen LogP contribution in [0.15, 0.2) is 27.6 Å². The Morgan fingerprint density at radius 2 is 1.53 bits per heavy atom. The third kappa shape index (κ3) is 6.44. The molecule has 1 aromatic carbocycles. The number of hydrogen-bond donors (Lipinski definition) is 0. The maximum absolute atomic E-state index is 5.95. The molecule has 2 heterocycles. The van der Waals surface area contributed by atoms with Crippen molar-refractivity contribution in [1.82, 2.24) is 14.7 Å². The van der Waals surface area contributed by atoms with Crippen LogP contribution in [0.2, 0.25) is 0 Å². The normalized spacial score (nSPS) is 19.5. The molecule has 1 aromatic rings. The van der Waals surface area contributed by atoms with Crippen LogP contribution >= 0.6 is 18.6 Å². The van der Waals surface area contributed by atoms with E-state index in [-0.39, 0.29) is 7.12 Å². The van der Waals surface area contributed by atoms with Crippen LogP contribution in [0, 0.1) is 0 Å². The zero-order chi connectivity index (χ0) is 22.6. The molecular weight excluding hydrogens is 454 g/mol. The minimum absolute atomic E-state index is 0.0580. The van der Waals surface area contributed by atoms with Crippen LogP contribution < -0.4 is 9.62 Å². The molecule has 0 radical (unpaired) electrons. The molecule has 0 amide bonds. The van der Waals surface area contributed by atoms with E-state index in [0.29, 0.717) is 11.6 Å². The van der Waals surface area contributed by atoms with Crippen molar-refractivity contribution in [3.63, 3.8) is 0 Å². The smallest absolute Gasteiger partial charge is 0.0428 e. The monoisotopic (exact) mass is 490 g/mol. The van der Waals surface area contributed by atoms with E-state index < -0.39 is 15.6 Å². The van der Waals surface area contributed by atoms with Crippen molar-refractivity contribution >= 4 is 37.1 Å². The van der Waals surface area contributed by atoms with Crippen molar-refractivity contribution in [2.24, 2.45) is 3.33 Å². The van der Waals surface area contributed by atoms with E-state index in [4.69, 9.17) is 18.6 Å². The minimum Gasteiger partial charge on any atom is -0.303 e. The average Bonchev–Trinajstić information content (AvgIpc) is 2.83. The van der Waals surface area contributed by atoms with Gasteiger partial charge in [0.2, 0.25) is 0 Å². The van der Waals surface area contributed by atoms with Crippen LogP contribution in [0.25, 0.3) is 0 Å². The van der Waals surface area contributed by atoms with E-state index in [2.05, 4.69) is 88.7 Å². The molecule has 168 valence electrons. The molecule has 0 spiro atoms. The first-order chi connectivity index (χ1) is 14.0. The first-order valence-electron chi connectivity index (χ1n) is 10.5. The Labute approximate surface area is 197 Å². The zero-order valence-corrected chi connectivity index (χ0v) is 22.8. The standard InChI is InChI=1S/C10H14BN3.C10H23N3.2ClH.Ti/c1-8(2)14-10-7-5-4-6-9(10)13(3)11(14)12;1-10(11(2)3)8-12(4)6-7-13(5)9-10;;;/h4-8H,1-3H3;6-9H2,1-5H3;2*1H;/q;;;;+2/p-2. The van der Waals surface area contributed by atoms with E-state index in [1.807, 2.05) is 19.2 Å². The SMILES string of the molecule is CC(C)N1B([N]=[Ti]([Cl])[Cl])N(C)c2ccccc21.CN1CCN(C)CC(C)(N(C)C)C1. The molecule has 30 heavy (non-hydrogen) atoms. The molecule has 0 bridgehead atoms. The summed E-state index contributed by atoms with van der Waals surface area (Å²) in [5.41, 5.74) is 2.68. The van der Waals surface area contributed by atoms with Gasteiger partial charge in [0, 0.05) is 31.7 Å². The Kier molecular flexibility index (Phi) is 9.69. The molecule has 0 aromatic heterocycles. The Balaban J connectivity index is 0.000000222. The maximum atomic E-state index is 5.95. The van der Waals surface area contributed by atoms with Crippen LogP contribution in [0.1, 0.15) is 20.8 Å². The van der Waals surface area contributed by atoms with Gasteiger partial charge in [-0.2, -0.15) is 0 Å². The summed E-state index contributed by atoms with van der Waals surface area (Å²) < 4.78 is 4.52. The second-order valence-electron chi connectivity index (χ2n) is 9.18. The largest absolute Gasteiger partial charge is 0.303 e. The van der Waals surface area contributed by atoms with Gasteiger partial charge in [-0.05, 0) is 35.1 Å². The fourth-order valence-electron chi connectivity index (χ4n) is 4.19. The Morgan fingerprint density at radius 1 is 1.03 bits per heavy atom. The van der Waals surface area contributed by atoms with Gasteiger partial charge < -0.3 is 14.7 Å². The fourth-order valence-corrected chi connectivity index (χ4v) is 5.65. The predicted octanol–water partition coefficient (Wildman–Crippen LogP) is 3.63. The molecular formula is C20H37BCl2N6Ti. The molecule has 0 aliphatic carbocycles. The summed E-state index contributed by atoms with van der Waals surface area (Å²) in [6.45, 7) is 11.3. The topological polar surface area (TPSA) is 28.6 Å². The average molecular weight is 491 g/mol. The molecule has 0 atom stereocenters. The van der Waals surface area contributed by atoms with Crippen LogP contribution in [0.5, 0.6) is 0 Å². The van der Waals surface area contributed by atoms with Gasteiger partial charge in [-0.25, -0.2) is 0 Å². The van der Waals surface area contributed by atoms with E-state index >= 15 is 0 Å². The predicted molar refractivity (Wildman–Crippen MR) is 129 cm³/mol. The first-order valence-corrected chi connectivity index (χ1v) is 15.5. The number of hydrogen-bond acceptors (Lipinski definition) is 6. The number of benzene rings is 1. The summed E-state index contributed by atoms with van der Waals surface area (Å²) in [6.07, 6.45) is 0. The number of para-hydroxylation sites is 2. The summed E-state index contributed by atoms with van der Waals surface area (Å²) in [7, 11) is 22.6. The van der Waals surface area contributed by atoms with Crippen LogP contribution in [-0.2, 0) is 15.6 Å². The van der Waals surface area contributed by atoms with E-state index in [9.17, 15) is 0 Å². The summed E-state index contributed by atoms with van der Waals surface area (Å²) >= 11 is -2.24. The number of anilines is 2. The van der Waals surface area contributed by atoms with Gasteiger partial charge in [-0.3, -0.25) is 0 Å². The quantitative estimate of drug-likeness (QED) is 0.603. The van der Waals surface area contributed by atoms with E-state index in [0.717, 1.165) is 13.1 Å². The van der Waals surface area contributed by atoms with Crippen LogP contribution in [0.3, 0.4) is 0 Å². The van der Waals surface area contributed by atoms with Crippen LogP contribution in [0.4, 0.5) is 11.4 Å². The summed E-state index contributed by atoms with van der Waals surface area (Å²) in [4.78, 5) is 11.6. The Hall–Kier alpha value is -0.141. The zero-order valence-electron chi connectivity index (χ0n) is 19.7. The van der Waals surface area contributed by atoms with Gasteiger partial charge in [0.1, 0.15) is 0 Å². The van der Waals surface area contributed by atoms with Crippen molar-refractivity contribution in [2.45, 2.75) is 32.4 Å². The van der Waals surface area contributed by atoms with Crippen molar-refractivity contribution in [3.8, 4) is 0 Å². The van der Waals surface area contributed by atoms with Crippen molar-refractivity contribution in [1.29, 1.82) is 0 Å². The number of nitrogens with zero attached hydrogens (tertiary/aromatic N) is 6. The van der Waals surface area contributed by atoms with Gasteiger partial charge >= 0.3 is 117 Å². The number of fused-ring (bicyclic) bond motifs is 1. The third-order valence-corrected chi connectivity index (χ3v) is 7.54.